The molecule has 78 valence electrons. The summed E-state index contributed by atoms with van der Waals surface area (Å²) in [6, 6.07) is 5.67. The van der Waals surface area contributed by atoms with Gasteiger partial charge >= 0.3 is 0 Å². The molecular formula is C11H11BrN2O. The van der Waals surface area contributed by atoms with Gasteiger partial charge in [-0.05, 0) is 48.0 Å². The average Bonchev–Trinajstić information content (AvgIpc) is 2.15. The van der Waals surface area contributed by atoms with Crippen molar-refractivity contribution in [2.24, 2.45) is 0 Å². The van der Waals surface area contributed by atoms with Crippen molar-refractivity contribution in [2.75, 3.05) is 0 Å². The molecule has 0 bridgehead atoms. The van der Waals surface area contributed by atoms with Crippen molar-refractivity contribution in [3.05, 3.63) is 34.6 Å². The van der Waals surface area contributed by atoms with E-state index in [0.29, 0.717) is 11.3 Å². The van der Waals surface area contributed by atoms with Crippen LogP contribution in [0.3, 0.4) is 0 Å². The predicted molar refractivity (Wildman–Crippen MR) is 62.5 cm³/mol. The highest BCUT2D eigenvalue weighted by Gasteiger charge is 2.17. The molecule has 0 aromatic carbocycles. The molecule has 0 saturated carbocycles. The molecule has 2 aromatic rings. The van der Waals surface area contributed by atoms with Crippen molar-refractivity contribution in [3.63, 3.8) is 0 Å². The molecule has 4 heteroatoms. The summed E-state index contributed by atoms with van der Waals surface area (Å²) in [7, 11) is 0. The van der Waals surface area contributed by atoms with Crippen LogP contribution in [0.5, 0.6) is 0 Å². The molecule has 0 unspecified atom stereocenters. The number of rotatable bonds is 1. The Morgan fingerprint density at radius 1 is 1.33 bits per heavy atom. The Kier molecular flexibility index (Phi) is 2.48. The van der Waals surface area contributed by atoms with Crippen molar-refractivity contribution in [1.82, 2.24) is 9.97 Å². The summed E-state index contributed by atoms with van der Waals surface area (Å²) in [5.74, 6) is 0. The monoisotopic (exact) mass is 266 g/mol. The third kappa shape index (κ3) is 2.16. The Morgan fingerprint density at radius 2 is 2.07 bits per heavy atom. The highest BCUT2D eigenvalue weighted by molar-refractivity contribution is 9.10. The van der Waals surface area contributed by atoms with Gasteiger partial charge in [0.15, 0.2) is 5.65 Å². The van der Waals surface area contributed by atoms with E-state index in [-0.39, 0.29) is 0 Å². The molecule has 0 saturated heterocycles. The molecular weight excluding hydrogens is 256 g/mol. The van der Waals surface area contributed by atoms with Crippen LogP contribution in [0.2, 0.25) is 0 Å². The molecule has 0 atom stereocenters. The molecule has 2 heterocycles. The summed E-state index contributed by atoms with van der Waals surface area (Å²) in [6.45, 7) is 3.42. The zero-order valence-corrected chi connectivity index (χ0v) is 10.1. The van der Waals surface area contributed by atoms with Gasteiger partial charge in [-0.15, -0.1) is 0 Å². The quantitative estimate of drug-likeness (QED) is 0.863. The summed E-state index contributed by atoms with van der Waals surface area (Å²) in [6.07, 6.45) is 1.70. The molecule has 1 N–H and O–H groups in total. The predicted octanol–water partition coefficient (Wildman–Crippen LogP) is 2.62. The zero-order valence-electron chi connectivity index (χ0n) is 8.53. The summed E-state index contributed by atoms with van der Waals surface area (Å²) in [5, 5.41) is 10.8. The van der Waals surface area contributed by atoms with Crippen LogP contribution in [0, 0.1) is 0 Å². The molecule has 2 aromatic heterocycles. The lowest BCUT2D eigenvalue weighted by Gasteiger charge is -2.16. The third-order valence-corrected chi connectivity index (χ3v) is 2.57. The number of nitrogens with zero attached hydrogens (tertiary/aromatic N) is 2. The molecule has 3 nitrogen and oxygen atoms in total. The molecule has 0 fully saturated rings. The van der Waals surface area contributed by atoms with Crippen LogP contribution in [0.4, 0.5) is 0 Å². The second-order valence-electron chi connectivity index (χ2n) is 3.96. The Balaban J connectivity index is 2.62. The SMILES string of the molecule is CC(C)(O)c1ccc2cc(Br)cnc2n1. The van der Waals surface area contributed by atoms with Crippen molar-refractivity contribution in [2.45, 2.75) is 19.4 Å². The Labute approximate surface area is 96.3 Å². The van der Waals surface area contributed by atoms with E-state index in [4.69, 9.17) is 0 Å². The number of pyridine rings is 2. The van der Waals surface area contributed by atoms with Crippen LogP contribution in [-0.2, 0) is 5.60 Å². The largest absolute Gasteiger partial charge is 0.384 e. The fourth-order valence-electron chi connectivity index (χ4n) is 1.32. The number of hydrogen-bond donors (Lipinski definition) is 1. The molecule has 0 aliphatic heterocycles. The molecule has 15 heavy (non-hydrogen) atoms. The van der Waals surface area contributed by atoms with E-state index in [1.807, 2.05) is 18.2 Å². The van der Waals surface area contributed by atoms with E-state index in [1.165, 1.54) is 0 Å². The second-order valence-corrected chi connectivity index (χ2v) is 4.87. The van der Waals surface area contributed by atoms with Crippen LogP contribution in [0.1, 0.15) is 19.5 Å². The average molecular weight is 267 g/mol. The van der Waals surface area contributed by atoms with E-state index in [2.05, 4.69) is 25.9 Å². The van der Waals surface area contributed by atoms with Gasteiger partial charge in [-0.1, -0.05) is 0 Å². The second kappa shape index (κ2) is 3.54. The van der Waals surface area contributed by atoms with Gasteiger partial charge in [0.2, 0.25) is 0 Å². The van der Waals surface area contributed by atoms with Crippen molar-refractivity contribution in [3.8, 4) is 0 Å². The van der Waals surface area contributed by atoms with Crippen LogP contribution in [-0.4, -0.2) is 15.1 Å². The van der Waals surface area contributed by atoms with Gasteiger partial charge in [-0.3, -0.25) is 0 Å². The highest BCUT2D eigenvalue weighted by atomic mass is 79.9. The number of fused-ring (bicyclic) bond motifs is 1. The lowest BCUT2D eigenvalue weighted by molar-refractivity contribution is 0.0742. The summed E-state index contributed by atoms with van der Waals surface area (Å²) in [5.41, 5.74) is 0.353. The molecule has 0 radical (unpaired) electrons. The van der Waals surface area contributed by atoms with Crippen LogP contribution in [0.25, 0.3) is 11.0 Å². The lowest BCUT2D eigenvalue weighted by atomic mass is 10.0. The minimum absolute atomic E-state index is 0.629. The maximum Gasteiger partial charge on any atom is 0.159 e. The minimum atomic E-state index is -0.928. The standard InChI is InChI=1S/C11H11BrN2O/c1-11(2,15)9-4-3-7-5-8(12)6-13-10(7)14-9/h3-6,15H,1-2H3. The van der Waals surface area contributed by atoms with Crippen LogP contribution in [0.15, 0.2) is 28.9 Å². The van der Waals surface area contributed by atoms with Gasteiger partial charge in [0, 0.05) is 16.1 Å². The minimum Gasteiger partial charge on any atom is -0.384 e. The Bertz CT molecular complexity index is 505. The summed E-state index contributed by atoms with van der Waals surface area (Å²) >= 11 is 3.35. The first kappa shape index (κ1) is 10.5. The molecule has 0 amide bonds. The van der Waals surface area contributed by atoms with Gasteiger partial charge in [0.05, 0.1) is 5.69 Å². The van der Waals surface area contributed by atoms with E-state index < -0.39 is 5.60 Å². The smallest absolute Gasteiger partial charge is 0.159 e. The third-order valence-electron chi connectivity index (χ3n) is 2.14. The molecule has 2 rings (SSSR count). The topological polar surface area (TPSA) is 46.0 Å². The first-order valence-corrected chi connectivity index (χ1v) is 5.41. The van der Waals surface area contributed by atoms with Gasteiger partial charge in [0.1, 0.15) is 5.60 Å². The first-order valence-electron chi connectivity index (χ1n) is 4.62. The normalized spacial score (nSPS) is 12.0. The zero-order chi connectivity index (χ0) is 11.1. The number of halogens is 1. The van der Waals surface area contributed by atoms with Crippen LogP contribution < -0.4 is 0 Å². The summed E-state index contributed by atoms with van der Waals surface area (Å²) < 4.78 is 0.924. The first-order chi connectivity index (χ1) is 6.97. The fraction of sp³-hybridized carbons (Fsp3) is 0.273. The highest BCUT2D eigenvalue weighted by Crippen LogP contribution is 2.21. The summed E-state index contributed by atoms with van der Waals surface area (Å²) in [4.78, 5) is 8.49. The Morgan fingerprint density at radius 3 is 2.73 bits per heavy atom. The van der Waals surface area contributed by atoms with E-state index in [0.717, 1.165) is 9.86 Å². The van der Waals surface area contributed by atoms with Gasteiger partial charge in [-0.25, -0.2) is 9.97 Å². The number of aromatic nitrogens is 2. The van der Waals surface area contributed by atoms with Crippen molar-refractivity contribution in [1.29, 1.82) is 0 Å². The van der Waals surface area contributed by atoms with E-state index >= 15 is 0 Å². The number of hydrogen-bond acceptors (Lipinski definition) is 3. The molecule has 0 aliphatic carbocycles. The van der Waals surface area contributed by atoms with E-state index in [9.17, 15) is 5.11 Å². The van der Waals surface area contributed by atoms with Crippen molar-refractivity contribution < 1.29 is 5.11 Å². The maximum atomic E-state index is 9.80. The van der Waals surface area contributed by atoms with Crippen molar-refractivity contribution >= 4 is 27.0 Å². The fourth-order valence-corrected chi connectivity index (χ4v) is 1.67. The maximum absolute atomic E-state index is 9.80. The van der Waals surface area contributed by atoms with E-state index in [1.54, 1.807) is 20.0 Å². The molecule has 0 aliphatic rings. The molecule has 0 spiro atoms. The van der Waals surface area contributed by atoms with Gasteiger partial charge < -0.3 is 5.11 Å². The Hall–Kier alpha value is -1.00. The van der Waals surface area contributed by atoms with Crippen LogP contribution >= 0.6 is 15.9 Å². The van der Waals surface area contributed by atoms with Gasteiger partial charge in [-0.2, -0.15) is 0 Å². The number of aliphatic hydroxyl groups is 1. The lowest BCUT2D eigenvalue weighted by Crippen LogP contribution is -2.17. The van der Waals surface area contributed by atoms with Gasteiger partial charge in [0.25, 0.3) is 0 Å².